The molecule has 0 aromatic rings. The first-order chi connectivity index (χ1) is 7.91. The van der Waals surface area contributed by atoms with Gasteiger partial charge in [-0.05, 0) is 47.7 Å². The van der Waals surface area contributed by atoms with Gasteiger partial charge in [0, 0.05) is 22.4 Å². The van der Waals surface area contributed by atoms with Gasteiger partial charge in [0.1, 0.15) is 0 Å². The van der Waals surface area contributed by atoms with Crippen LogP contribution in [0.15, 0.2) is 0 Å². The zero-order chi connectivity index (χ0) is 12.7. The first-order valence-corrected chi connectivity index (χ1v) is 12.7. The van der Waals surface area contributed by atoms with Gasteiger partial charge in [-0.2, -0.15) is 0 Å². The third-order valence-corrected chi connectivity index (χ3v) is 10.1. The summed E-state index contributed by atoms with van der Waals surface area (Å²) < 4.78 is 36.9. The van der Waals surface area contributed by atoms with E-state index in [1.807, 2.05) is 22.0 Å². The second-order valence-electron chi connectivity index (χ2n) is 4.32. The molecule has 2 aliphatic rings. The van der Waals surface area contributed by atoms with Gasteiger partial charge in [0.15, 0.2) is 9.84 Å². The summed E-state index contributed by atoms with van der Waals surface area (Å²) in [6.07, 6.45) is 2.82. The molecule has 0 aromatic carbocycles. The molecular formula is C8H13BrIO3PS2. The molecular weight excluding hydrogens is 446 g/mol. The van der Waals surface area contributed by atoms with E-state index in [0.717, 1.165) is 12.8 Å². The summed E-state index contributed by atoms with van der Waals surface area (Å²) in [5.41, 5.74) is 0. The minimum atomic E-state index is -2.99. The Bertz CT molecular complexity index is 384. The van der Waals surface area contributed by atoms with E-state index in [2.05, 4.69) is 15.9 Å². The first kappa shape index (κ1) is 12.9. The lowest BCUT2D eigenvalue weighted by Crippen LogP contribution is -2.45. The molecule has 2 rings (SSSR count). The van der Waals surface area contributed by atoms with Crippen molar-refractivity contribution < 1.29 is 12.6 Å². The fraction of sp³-hybridized carbons (Fsp3) is 1.00. The van der Waals surface area contributed by atoms with Crippen LogP contribution in [-0.4, -0.2) is 31.1 Å². The topological polar surface area (TPSA) is 43.4 Å². The molecule has 0 radical (unpaired) electrons. The molecule has 0 amide bonds. The molecule has 0 heterocycles. The van der Waals surface area contributed by atoms with Crippen molar-refractivity contribution in [2.24, 2.45) is 0 Å². The average molecular weight is 461 g/mol. The average Bonchev–Trinajstić information content (AvgIpc) is 2.94. The summed E-state index contributed by atoms with van der Waals surface area (Å²) in [6.45, 7) is 0. The second kappa shape index (κ2) is 5.49. The Morgan fingerprint density at radius 1 is 1.62 bits per heavy atom. The monoisotopic (exact) mass is 460 g/mol. The summed E-state index contributed by atoms with van der Waals surface area (Å²) in [5, 5.41) is -0.565. The van der Waals surface area contributed by atoms with E-state index < -0.39 is 20.0 Å². The fourth-order valence-electron chi connectivity index (χ4n) is 1.91. The van der Waals surface area contributed by atoms with E-state index in [1.165, 1.54) is 11.7 Å². The second-order valence-corrected chi connectivity index (χ2v) is 12.4. The summed E-state index contributed by atoms with van der Waals surface area (Å²) >= 11 is 6.50. The number of halogens is 2. The van der Waals surface area contributed by atoms with Crippen LogP contribution in [-0.2, 0) is 14.0 Å². The van der Waals surface area contributed by atoms with Crippen LogP contribution >= 0.6 is 55.0 Å². The van der Waals surface area contributed by atoms with Crippen LogP contribution in [0.5, 0.6) is 0 Å². The van der Waals surface area contributed by atoms with Gasteiger partial charge in [-0.3, -0.25) is 0 Å². The zero-order valence-corrected chi connectivity index (χ0v) is 14.7. The molecule has 94 valence electrons. The molecule has 0 bridgehead atoms. The molecule has 1 atom stereocenters. The Balaban J connectivity index is 1.83. The molecule has 2 saturated carbocycles. The number of sulfone groups is 1. The largest absolute Gasteiger partial charge is 0.307 e. The lowest BCUT2D eigenvalue weighted by molar-refractivity contribution is 0.153. The number of alkyl halides is 1. The molecule has 2 fully saturated rings. The SMILES string of the molecule is [3H]P(I)SOC1CC(S(=O)(=O)C2(CBr)CC2)C1. The Morgan fingerprint density at radius 3 is 2.69 bits per heavy atom. The van der Waals surface area contributed by atoms with Gasteiger partial charge in [0.05, 0.1) is 17.4 Å². The highest BCUT2D eigenvalue weighted by atomic mass is 127. The molecule has 0 saturated heterocycles. The number of rotatable bonds is 6. The maximum absolute atomic E-state index is 12.3. The summed E-state index contributed by atoms with van der Waals surface area (Å²) in [4.78, 5) is 0. The van der Waals surface area contributed by atoms with Crippen LogP contribution in [0.25, 0.3) is 0 Å². The van der Waals surface area contributed by atoms with Gasteiger partial charge in [-0.25, -0.2) is 8.42 Å². The van der Waals surface area contributed by atoms with Crippen LogP contribution in [0.3, 0.4) is 0 Å². The molecule has 2 aliphatic carbocycles. The van der Waals surface area contributed by atoms with Crippen molar-refractivity contribution in [3.8, 4) is 0 Å². The van der Waals surface area contributed by atoms with Gasteiger partial charge >= 0.3 is 0 Å². The molecule has 3 nitrogen and oxygen atoms in total. The van der Waals surface area contributed by atoms with E-state index in [1.54, 1.807) is 0 Å². The highest BCUT2D eigenvalue weighted by Crippen LogP contribution is 2.51. The van der Waals surface area contributed by atoms with Gasteiger partial charge in [-0.1, -0.05) is 15.9 Å². The standard InChI is InChI=1S/C8H13BrIO3PS2/c9-5-8(1-2-8)16(11,12)7-3-6(4-7)13-15-14-10/h6-7,14H,1-5H2/i14T. The van der Waals surface area contributed by atoms with E-state index in [0.29, 0.717) is 18.2 Å². The van der Waals surface area contributed by atoms with Gasteiger partial charge in [0.2, 0.25) is 0 Å². The van der Waals surface area contributed by atoms with E-state index in [9.17, 15) is 8.42 Å². The molecule has 16 heavy (non-hydrogen) atoms. The van der Waals surface area contributed by atoms with Crippen LogP contribution in [0.4, 0.5) is 0 Å². The predicted octanol–water partition coefficient (Wildman–Crippen LogP) is 3.47. The Morgan fingerprint density at radius 2 is 2.25 bits per heavy atom. The van der Waals surface area contributed by atoms with Gasteiger partial charge in [-0.15, -0.1) is 0 Å². The van der Waals surface area contributed by atoms with Crippen molar-refractivity contribution in [2.75, 3.05) is 5.33 Å². The van der Waals surface area contributed by atoms with Crippen molar-refractivity contribution >= 4 is 64.8 Å². The normalized spacial score (nSPS) is 35.0. The van der Waals surface area contributed by atoms with E-state index >= 15 is 0 Å². The first-order valence-electron chi connectivity index (χ1n) is 5.44. The van der Waals surface area contributed by atoms with Crippen LogP contribution < -0.4 is 0 Å². The lowest BCUT2D eigenvalue weighted by Gasteiger charge is -2.35. The highest BCUT2D eigenvalue weighted by Gasteiger charge is 2.58. The highest BCUT2D eigenvalue weighted by molar-refractivity contribution is 14.2. The Kier molecular flexibility index (Phi) is 4.43. The lowest BCUT2D eigenvalue weighted by atomic mass is 9.96. The van der Waals surface area contributed by atoms with Gasteiger partial charge in [0.25, 0.3) is 0 Å². The maximum atomic E-state index is 12.3. The van der Waals surface area contributed by atoms with E-state index in [-0.39, 0.29) is 11.4 Å². The molecule has 0 aromatic heterocycles. The summed E-state index contributed by atoms with van der Waals surface area (Å²) in [7, 11) is -2.99. The van der Waals surface area contributed by atoms with Crippen molar-refractivity contribution in [3.05, 3.63) is 0 Å². The molecule has 0 spiro atoms. The number of hydrogen-bond donors (Lipinski definition) is 0. The molecule has 8 heteroatoms. The quantitative estimate of drug-likeness (QED) is 0.263. The minimum Gasteiger partial charge on any atom is -0.307 e. The summed E-state index contributed by atoms with van der Waals surface area (Å²) in [6, 6.07) is 0. The van der Waals surface area contributed by atoms with Crippen molar-refractivity contribution in [1.29, 1.82) is 1.28 Å². The van der Waals surface area contributed by atoms with Crippen molar-refractivity contribution in [3.63, 3.8) is 0 Å². The zero-order valence-electron chi connectivity index (χ0n) is 9.43. The Hall–Kier alpha value is 1.90. The van der Waals surface area contributed by atoms with Crippen LogP contribution in [0, 0.1) is 0 Å². The third-order valence-electron chi connectivity index (χ3n) is 3.35. The molecule has 1 unspecified atom stereocenters. The van der Waals surface area contributed by atoms with Crippen LogP contribution in [0.2, 0.25) is 0 Å². The minimum absolute atomic E-state index is 0.0241. The maximum Gasteiger partial charge on any atom is 0.159 e. The van der Waals surface area contributed by atoms with Crippen LogP contribution in [0.1, 0.15) is 25.7 Å². The summed E-state index contributed by atoms with van der Waals surface area (Å²) in [5.74, 6) is 0. The van der Waals surface area contributed by atoms with Crippen molar-refractivity contribution in [2.45, 2.75) is 41.8 Å². The number of hydrogen-bond acceptors (Lipinski definition) is 4. The Labute approximate surface area is 125 Å². The smallest absolute Gasteiger partial charge is 0.159 e. The molecule has 0 N–H and O–H groups in total. The predicted molar refractivity (Wildman–Crippen MR) is 82.5 cm³/mol. The molecule has 0 aliphatic heterocycles. The van der Waals surface area contributed by atoms with Gasteiger partial charge < -0.3 is 4.18 Å². The van der Waals surface area contributed by atoms with E-state index in [4.69, 9.17) is 5.46 Å². The fourth-order valence-corrected chi connectivity index (χ4v) is 7.51. The third kappa shape index (κ3) is 2.59. The van der Waals surface area contributed by atoms with Crippen molar-refractivity contribution in [1.82, 2.24) is 0 Å².